The molecule has 4 nitrogen and oxygen atoms in total. The molecule has 0 radical (unpaired) electrons. The van der Waals surface area contributed by atoms with E-state index in [0.717, 1.165) is 10.0 Å². The van der Waals surface area contributed by atoms with Crippen molar-refractivity contribution in [3.8, 4) is 0 Å². The third-order valence-electron chi connectivity index (χ3n) is 3.64. The Morgan fingerprint density at radius 2 is 2.00 bits per heavy atom. The van der Waals surface area contributed by atoms with E-state index < -0.39 is 11.5 Å². The Balaban J connectivity index is 3.02. The van der Waals surface area contributed by atoms with Crippen LogP contribution in [0.1, 0.15) is 43.1 Å². The Morgan fingerprint density at radius 3 is 2.50 bits per heavy atom. The lowest BCUT2D eigenvalue weighted by molar-refractivity contribution is -0.138. The molecule has 1 aromatic carbocycles. The van der Waals surface area contributed by atoms with Gasteiger partial charge in [-0.25, -0.2) is 0 Å². The van der Waals surface area contributed by atoms with Crippen molar-refractivity contribution in [2.24, 2.45) is 5.92 Å². The van der Waals surface area contributed by atoms with Crippen LogP contribution in [0, 0.1) is 12.8 Å². The van der Waals surface area contributed by atoms with Gasteiger partial charge in [-0.1, -0.05) is 35.8 Å². The summed E-state index contributed by atoms with van der Waals surface area (Å²) >= 11 is 3.34. The fourth-order valence-corrected chi connectivity index (χ4v) is 2.23. The lowest BCUT2D eigenvalue weighted by atomic mass is 9.85. The molecule has 0 saturated carbocycles. The Hall–Kier alpha value is -1.36. The third-order valence-corrected chi connectivity index (χ3v) is 4.13. The van der Waals surface area contributed by atoms with Crippen molar-refractivity contribution >= 4 is 27.8 Å². The number of hydrogen-bond donors (Lipinski definition) is 2. The van der Waals surface area contributed by atoms with Crippen molar-refractivity contribution in [1.29, 1.82) is 0 Å². The molecule has 0 aromatic heterocycles. The minimum atomic E-state index is -0.924. The van der Waals surface area contributed by atoms with Gasteiger partial charge in [-0.3, -0.25) is 9.59 Å². The number of amides is 1. The molecule has 0 fully saturated rings. The van der Waals surface area contributed by atoms with Crippen LogP contribution in [0.5, 0.6) is 0 Å². The number of carbonyl (C=O) groups is 2. The van der Waals surface area contributed by atoms with Gasteiger partial charge in [0.05, 0.1) is 12.0 Å². The van der Waals surface area contributed by atoms with E-state index in [4.69, 9.17) is 5.11 Å². The lowest BCUT2D eigenvalue weighted by Crippen LogP contribution is -2.51. The Bertz CT molecular complexity index is 528. The van der Waals surface area contributed by atoms with Gasteiger partial charge >= 0.3 is 5.97 Å². The van der Waals surface area contributed by atoms with Crippen LogP contribution in [-0.4, -0.2) is 22.5 Å². The largest absolute Gasteiger partial charge is 0.481 e. The monoisotopic (exact) mass is 341 g/mol. The molecule has 0 saturated heterocycles. The van der Waals surface area contributed by atoms with Gasteiger partial charge < -0.3 is 10.4 Å². The molecule has 1 unspecified atom stereocenters. The summed E-state index contributed by atoms with van der Waals surface area (Å²) in [6.45, 7) is 7.41. The second kappa shape index (κ2) is 6.39. The zero-order valence-electron chi connectivity index (χ0n) is 12.2. The Labute approximate surface area is 127 Å². The molecule has 0 aliphatic heterocycles. The van der Waals surface area contributed by atoms with E-state index in [9.17, 15) is 9.59 Å². The van der Waals surface area contributed by atoms with Gasteiger partial charge in [0.1, 0.15) is 0 Å². The number of carbonyl (C=O) groups excluding carboxylic acids is 1. The third kappa shape index (κ3) is 4.07. The molecule has 5 heteroatoms. The SMILES string of the molecule is Cc1ccc(Br)cc1C(=O)NC(C)(CC(=O)O)C(C)C. The maximum absolute atomic E-state index is 12.4. The molecule has 20 heavy (non-hydrogen) atoms. The fourth-order valence-electron chi connectivity index (χ4n) is 1.87. The van der Waals surface area contributed by atoms with Crippen molar-refractivity contribution in [1.82, 2.24) is 5.32 Å². The predicted octanol–water partition coefficient (Wildman–Crippen LogP) is 3.38. The Kier molecular flexibility index (Phi) is 5.34. The predicted molar refractivity (Wildman–Crippen MR) is 81.8 cm³/mol. The Morgan fingerprint density at radius 1 is 1.40 bits per heavy atom. The van der Waals surface area contributed by atoms with Gasteiger partial charge in [-0.15, -0.1) is 0 Å². The molecular weight excluding hydrogens is 322 g/mol. The number of rotatable bonds is 5. The molecule has 1 atom stereocenters. The molecule has 0 aliphatic carbocycles. The van der Waals surface area contributed by atoms with Crippen LogP contribution >= 0.6 is 15.9 Å². The zero-order chi connectivity index (χ0) is 15.5. The fraction of sp³-hybridized carbons (Fsp3) is 0.467. The highest BCUT2D eigenvalue weighted by Crippen LogP contribution is 2.23. The summed E-state index contributed by atoms with van der Waals surface area (Å²) in [4.78, 5) is 23.4. The summed E-state index contributed by atoms with van der Waals surface area (Å²) in [5, 5.41) is 11.9. The standard InChI is InChI=1S/C15H20BrNO3/c1-9(2)15(4,8-13(18)19)17-14(20)12-7-11(16)6-5-10(12)3/h5-7,9H,8H2,1-4H3,(H,17,20)(H,18,19). The number of carboxylic acid groups (broad SMARTS) is 1. The van der Waals surface area contributed by atoms with E-state index in [2.05, 4.69) is 21.2 Å². The summed E-state index contributed by atoms with van der Waals surface area (Å²) in [5.74, 6) is -1.16. The number of benzene rings is 1. The van der Waals surface area contributed by atoms with Crippen LogP contribution in [0.2, 0.25) is 0 Å². The summed E-state index contributed by atoms with van der Waals surface area (Å²) in [7, 11) is 0. The van der Waals surface area contributed by atoms with Gasteiger partial charge in [-0.2, -0.15) is 0 Å². The first-order chi connectivity index (χ1) is 9.15. The van der Waals surface area contributed by atoms with Crippen LogP contribution in [0.15, 0.2) is 22.7 Å². The average molecular weight is 342 g/mol. The minimum Gasteiger partial charge on any atom is -0.481 e. The molecule has 1 amide bonds. The number of carboxylic acids is 1. The van der Waals surface area contributed by atoms with Crippen LogP contribution in [0.4, 0.5) is 0 Å². The molecule has 2 N–H and O–H groups in total. The van der Waals surface area contributed by atoms with Crippen molar-refractivity contribution in [2.75, 3.05) is 0 Å². The van der Waals surface area contributed by atoms with Crippen molar-refractivity contribution in [3.05, 3.63) is 33.8 Å². The number of nitrogens with one attached hydrogen (secondary N) is 1. The molecule has 0 bridgehead atoms. The van der Waals surface area contributed by atoms with E-state index in [0.29, 0.717) is 5.56 Å². The highest BCUT2D eigenvalue weighted by atomic mass is 79.9. The van der Waals surface area contributed by atoms with Crippen molar-refractivity contribution < 1.29 is 14.7 Å². The topological polar surface area (TPSA) is 66.4 Å². The second-order valence-electron chi connectivity index (χ2n) is 5.56. The maximum Gasteiger partial charge on any atom is 0.305 e. The van der Waals surface area contributed by atoms with E-state index >= 15 is 0 Å². The number of hydrogen-bond acceptors (Lipinski definition) is 2. The molecular formula is C15H20BrNO3. The minimum absolute atomic E-state index is 0.00927. The van der Waals surface area contributed by atoms with Crippen molar-refractivity contribution in [3.63, 3.8) is 0 Å². The van der Waals surface area contributed by atoms with Gasteiger partial charge in [0.15, 0.2) is 0 Å². The summed E-state index contributed by atoms with van der Waals surface area (Å²) in [6, 6.07) is 5.46. The summed E-state index contributed by atoms with van der Waals surface area (Å²) in [6.07, 6.45) is -0.108. The second-order valence-corrected chi connectivity index (χ2v) is 6.47. The average Bonchev–Trinajstić information content (AvgIpc) is 2.30. The van der Waals surface area contributed by atoms with E-state index in [1.165, 1.54) is 0 Å². The van der Waals surface area contributed by atoms with Crippen LogP contribution in [0.25, 0.3) is 0 Å². The van der Waals surface area contributed by atoms with E-state index in [-0.39, 0.29) is 18.2 Å². The van der Waals surface area contributed by atoms with Gasteiger partial charge in [0.2, 0.25) is 0 Å². The molecule has 0 aliphatic rings. The van der Waals surface area contributed by atoms with Gasteiger partial charge in [-0.05, 0) is 37.5 Å². The van der Waals surface area contributed by atoms with Gasteiger partial charge in [0, 0.05) is 10.0 Å². The van der Waals surface area contributed by atoms with Crippen LogP contribution in [0.3, 0.4) is 0 Å². The quantitative estimate of drug-likeness (QED) is 0.862. The zero-order valence-corrected chi connectivity index (χ0v) is 13.7. The number of aliphatic carboxylic acids is 1. The highest BCUT2D eigenvalue weighted by molar-refractivity contribution is 9.10. The van der Waals surface area contributed by atoms with E-state index in [1.54, 1.807) is 13.0 Å². The highest BCUT2D eigenvalue weighted by Gasteiger charge is 2.33. The first-order valence-electron chi connectivity index (χ1n) is 6.46. The molecule has 1 aromatic rings. The van der Waals surface area contributed by atoms with Gasteiger partial charge in [0.25, 0.3) is 5.91 Å². The van der Waals surface area contributed by atoms with Crippen LogP contribution in [-0.2, 0) is 4.79 Å². The molecule has 1 rings (SSSR count). The van der Waals surface area contributed by atoms with Crippen molar-refractivity contribution in [2.45, 2.75) is 39.7 Å². The maximum atomic E-state index is 12.4. The van der Waals surface area contributed by atoms with E-state index in [1.807, 2.05) is 32.9 Å². The van der Waals surface area contributed by atoms with Crippen LogP contribution < -0.4 is 5.32 Å². The normalized spacial score (nSPS) is 13.9. The molecule has 110 valence electrons. The first kappa shape index (κ1) is 16.7. The molecule has 0 spiro atoms. The number of aryl methyl sites for hydroxylation is 1. The number of halogens is 1. The smallest absolute Gasteiger partial charge is 0.305 e. The first-order valence-corrected chi connectivity index (χ1v) is 7.25. The summed E-state index contributed by atoms with van der Waals surface area (Å²) < 4.78 is 0.817. The molecule has 0 heterocycles. The summed E-state index contributed by atoms with van der Waals surface area (Å²) in [5.41, 5.74) is 0.626. The lowest BCUT2D eigenvalue weighted by Gasteiger charge is -2.33.